The number of hydrogen-bond acceptors (Lipinski definition) is 4. The van der Waals surface area contributed by atoms with E-state index in [4.69, 9.17) is 21.1 Å². The monoisotopic (exact) mass is 349 g/mol. The molecule has 0 radical (unpaired) electrons. The van der Waals surface area contributed by atoms with Crippen LogP contribution in [-0.4, -0.2) is 44.8 Å². The fourth-order valence-electron chi connectivity index (χ4n) is 2.91. The molecule has 122 valence electrons. The van der Waals surface area contributed by atoms with Crippen LogP contribution in [0.3, 0.4) is 0 Å². The summed E-state index contributed by atoms with van der Waals surface area (Å²) >= 11 is 5.93. The van der Waals surface area contributed by atoms with Gasteiger partial charge in [0.2, 0.25) is 10.0 Å². The number of ether oxygens (including phenoxy) is 2. The first kappa shape index (κ1) is 16.1. The van der Waals surface area contributed by atoms with Gasteiger partial charge < -0.3 is 9.47 Å². The van der Waals surface area contributed by atoms with Crippen LogP contribution in [0.15, 0.2) is 23.1 Å². The lowest BCUT2D eigenvalue weighted by Gasteiger charge is -2.37. The molecule has 2 fully saturated rings. The maximum atomic E-state index is 13.2. The summed E-state index contributed by atoms with van der Waals surface area (Å²) in [5, 5.41) is -0.113. The third-order valence-electron chi connectivity index (χ3n) is 3.94. The van der Waals surface area contributed by atoms with Crippen LogP contribution in [-0.2, 0) is 19.5 Å². The van der Waals surface area contributed by atoms with Crippen LogP contribution in [0.25, 0.3) is 0 Å². The first-order valence-corrected chi connectivity index (χ1v) is 9.02. The SMILES string of the molecule is O=S(=O)(c1ccc(F)cc1Cl)N1CCCC[C@@H]1C1OCCO1. The normalized spacial score (nSPS) is 24.7. The van der Waals surface area contributed by atoms with E-state index < -0.39 is 22.1 Å². The third kappa shape index (κ3) is 3.00. The molecule has 0 N–H and O–H groups in total. The highest BCUT2D eigenvalue weighted by atomic mass is 35.5. The summed E-state index contributed by atoms with van der Waals surface area (Å²) in [6.45, 7) is 1.31. The van der Waals surface area contributed by atoms with Crippen LogP contribution in [0.4, 0.5) is 4.39 Å². The first-order valence-electron chi connectivity index (χ1n) is 7.20. The molecule has 2 heterocycles. The molecule has 1 aromatic carbocycles. The van der Waals surface area contributed by atoms with E-state index in [1.54, 1.807) is 0 Å². The van der Waals surface area contributed by atoms with Gasteiger partial charge in [-0.05, 0) is 31.0 Å². The summed E-state index contributed by atoms with van der Waals surface area (Å²) in [4.78, 5) is -0.0829. The molecule has 2 aliphatic rings. The largest absolute Gasteiger partial charge is 0.349 e. The molecule has 3 rings (SSSR count). The summed E-state index contributed by atoms with van der Waals surface area (Å²) in [7, 11) is -3.82. The highest BCUT2D eigenvalue weighted by Crippen LogP contribution is 2.32. The van der Waals surface area contributed by atoms with Crippen LogP contribution in [0, 0.1) is 5.82 Å². The van der Waals surface area contributed by atoms with E-state index in [0.29, 0.717) is 26.2 Å². The van der Waals surface area contributed by atoms with E-state index in [2.05, 4.69) is 0 Å². The van der Waals surface area contributed by atoms with Crippen LogP contribution in [0.2, 0.25) is 5.02 Å². The molecule has 1 atom stereocenters. The van der Waals surface area contributed by atoms with E-state index in [1.165, 1.54) is 10.4 Å². The molecule has 8 heteroatoms. The van der Waals surface area contributed by atoms with Crippen molar-refractivity contribution in [1.82, 2.24) is 4.31 Å². The molecule has 2 saturated heterocycles. The van der Waals surface area contributed by atoms with Crippen LogP contribution < -0.4 is 0 Å². The topological polar surface area (TPSA) is 55.8 Å². The fourth-order valence-corrected chi connectivity index (χ4v) is 5.10. The van der Waals surface area contributed by atoms with Gasteiger partial charge in [0.15, 0.2) is 6.29 Å². The number of benzene rings is 1. The van der Waals surface area contributed by atoms with Gasteiger partial charge in [0, 0.05) is 6.54 Å². The second-order valence-electron chi connectivity index (χ2n) is 5.36. The van der Waals surface area contributed by atoms with Crippen molar-refractivity contribution in [2.45, 2.75) is 36.5 Å². The first-order chi connectivity index (χ1) is 10.5. The van der Waals surface area contributed by atoms with Crippen molar-refractivity contribution in [2.24, 2.45) is 0 Å². The molecule has 0 unspecified atom stereocenters. The van der Waals surface area contributed by atoms with Crippen molar-refractivity contribution in [2.75, 3.05) is 19.8 Å². The van der Waals surface area contributed by atoms with Gasteiger partial charge in [-0.2, -0.15) is 4.31 Å². The maximum absolute atomic E-state index is 13.2. The number of halogens is 2. The number of sulfonamides is 1. The van der Waals surface area contributed by atoms with Gasteiger partial charge in [-0.3, -0.25) is 0 Å². The summed E-state index contributed by atoms with van der Waals surface area (Å²) < 4.78 is 51.3. The Morgan fingerprint density at radius 2 is 1.95 bits per heavy atom. The molecule has 2 aliphatic heterocycles. The molecule has 5 nitrogen and oxygen atoms in total. The highest BCUT2D eigenvalue weighted by Gasteiger charge is 2.41. The smallest absolute Gasteiger partial charge is 0.244 e. The quantitative estimate of drug-likeness (QED) is 0.840. The van der Waals surface area contributed by atoms with Crippen molar-refractivity contribution < 1.29 is 22.3 Å². The Labute approximate surface area is 134 Å². The predicted molar refractivity (Wildman–Crippen MR) is 78.6 cm³/mol. The molecular formula is C14H17ClFNO4S. The van der Waals surface area contributed by atoms with Gasteiger partial charge in [0.05, 0.1) is 24.3 Å². The van der Waals surface area contributed by atoms with Gasteiger partial charge in [0.25, 0.3) is 0 Å². The van der Waals surface area contributed by atoms with Gasteiger partial charge in [-0.15, -0.1) is 0 Å². The lowest BCUT2D eigenvalue weighted by molar-refractivity contribution is -0.0913. The Morgan fingerprint density at radius 1 is 1.23 bits per heavy atom. The molecule has 0 saturated carbocycles. The van der Waals surface area contributed by atoms with Crippen LogP contribution in [0.1, 0.15) is 19.3 Å². The van der Waals surface area contributed by atoms with Crippen molar-refractivity contribution in [1.29, 1.82) is 0 Å². The van der Waals surface area contributed by atoms with E-state index >= 15 is 0 Å². The Bertz CT molecular complexity index is 648. The Balaban J connectivity index is 1.94. The van der Waals surface area contributed by atoms with E-state index in [9.17, 15) is 12.8 Å². The van der Waals surface area contributed by atoms with Gasteiger partial charge in [-0.25, -0.2) is 12.8 Å². The van der Waals surface area contributed by atoms with Gasteiger partial charge >= 0.3 is 0 Å². The number of piperidine rings is 1. The van der Waals surface area contributed by atoms with Crippen LogP contribution in [0.5, 0.6) is 0 Å². The average Bonchev–Trinajstić information content (AvgIpc) is 3.01. The van der Waals surface area contributed by atoms with Gasteiger partial charge in [-0.1, -0.05) is 18.0 Å². The zero-order valence-electron chi connectivity index (χ0n) is 11.9. The Kier molecular flexibility index (Phi) is 4.70. The zero-order chi connectivity index (χ0) is 15.7. The minimum Gasteiger partial charge on any atom is -0.349 e. The van der Waals surface area contributed by atoms with Crippen molar-refractivity contribution in [3.05, 3.63) is 29.0 Å². The standard InChI is InChI=1S/C14H17ClFNO4S/c15-11-9-10(16)4-5-13(11)22(18,19)17-6-2-1-3-12(17)14-20-7-8-21-14/h4-5,9,12,14H,1-3,6-8H2/t12-/m1/s1. The van der Waals surface area contributed by atoms with Crippen molar-refractivity contribution >= 4 is 21.6 Å². The fraction of sp³-hybridized carbons (Fsp3) is 0.571. The summed E-state index contributed by atoms with van der Waals surface area (Å²) in [5.41, 5.74) is 0. The lowest BCUT2D eigenvalue weighted by Crippen LogP contribution is -2.50. The molecule has 22 heavy (non-hydrogen) atoms. The lowest BCUT2D eigenvalue weighted by atomic mass is 10.0. The molecule has 0 aromatic heterocycles. The summed E-state index contributed by atoms with van der Waals surface area (Å²) in [6.07, 6.45) is 1.80. The minimum absolute atomic E-state index is 0.0829. The molecule has 0 bridgehead atoms. The van der Waals surface area contributed by atoms with E-state index in [-0.39, 0.29) is 16.0 Å². The molecule has 0 aliphatic carbocycles. The van der Waals surface area contributed by atoms with Gasteiger partial charge in [0.1, 0.15) is 10.7 Å². The van der Waals surface area contributed by atoms with Crippen LogP contribution >= 0.6 is 11.6 Å². The zero-order valence-corrected chi connectivity index (χ0v) is 13.4. The van der Waals surface area contributed by atoms with E-state index in [0.717, 1.165) is 25.0 Å². The molecule has 0 amide bonds. The number of rotatable bonds is 3. The minimum atomic E-state index is -3.82. The average molecular weight is 350 g/mol. The third-order valence-corrected chi connectivity index (χ3v) is 6.35. The number of hydrogen-bond donors (Lipinski definition) is 0. The predicted octanol–water partition coefficient (Wildman–Crippen LogP) is 2.40. The Hall–Kier alpha value is -0.730. The summed E-state index contributed by atoms with van der Waals surface area (Å²) in [6, 6.07) is 2.94. The molecule has 0 spiro atoms. The molecule has 1 aromatic rings. The van der Waals surface area contributed by atoms with Crippen molar-refractivity contribution in [3.63, 3.8) is 0 Å². The second kappa shape index (κ2) is 6.41. The maximum Gasteiger partial charge on any atom is 0.244 e. The second-order valence-corrected chi connectivity index (χ2v) is 7.63. The number of nitrogens with zero attached hydrogens (tertiary/aromatic N) is 1. The summed E-state index contributed by atoms with van der Waals surface area (Å²) in [5.74, 6) is -0.568. The highest BCUT2D eigenvalue weighted by molar-refractivity contribution is 7.89. The van der Waals surface area contributed by atoms with Crippen molar-refractivity contribution in [3.8, 4) is 0 Å². The van der Waals surface area contributed by atoms with E-state index in [1.807, 2.05) is 0 Å². The Morgan fingerprint density at radius 3 is 2.64 bits per heavy atom. The molecular weight excluding hydrogens is 333 g/mol.